The maximum Gasteiger partial charge on any atom is 0.348 e. The summed E-state index contributed by atoms with van der Waals surface area (Å²) in [4.78, 5) is 12.6. The summed E-state index contributed by atoms with van der Waals surface area (Å²) in [6.45, 7) is 0.961. The number of anilines is 1. The van der Waals surface area contributed by atoms with Gasteiger partial charge < -0.3 is 18.9 Å². The number of methoxy groups -OCH3 is 1. The van der Waals surface area contributed by atoms with Crippen molar-refractivity contribution in [3.63, 3.8) is 0 Å². The highest BCUT2D eigenvalue weighted by Gasteiger charge is 2.22. The highest BCUT2D eigenvalue weighted by molar-refractivity contribution is 6.09. The lowest BCUT2D eigenvalue weighted by atomic mass is 10.0. The van der Waals surface area contributed by atoms with E-state index in [1.54, 1.807) is 31.4 Å². The average Bonchev–Trinajstić information content (AvgIpc) is 3.03. The van der Waals surface area contributed by atoms with E-state index in [9.17, 15) is 9.18 Å². The van der Waals surface area contributed by atoms with Crippen LogP contribution in [0.4, 0.5) is 10.3 Å². The largest absolute Gasteiger partial charge is 0.439 e. The molecule has 26 heavy (non-hydrogen) atoms. The first-order valence-electron chi connectivity index (χ1n) is 8.16. The number of halogens is 1. The highest BCUT2D eigenvalue weighted by atomic mass is 19.1. The van der Waals surface area contributed by atoms with E-state index < -0.39 is 5.63 Å². The zero-order valence-electron chi connectivity index (χ0n) is 14.0. The molecular formula is C20H16FNO4. The summed E-state index contributed by atoms with van der Waals surface area (Å²) in [5, 5.41) is 4.17. The fourth-order valence-electron chi connectivity index (χ4n) is 2.99. The van der Waals surface area contributed by atoms with E-state index in [0.717, 1.165) is 0 Å². The van der Waals surface area contributed by atoms with Gasteiger partial charge in [-0.05, 0) is 29.8 Å². The predicted octanol–water partition coefficient (Wildman–Crippen LogP) is 4.40. The van der Waals surface area contributed by atoms with E-state index in [4.69, 9.17) is 13.6 Å². The molecule has 0 unspecified atom stereocenters. The highest BCUT2D eigenvalue weighted by Crippen LogP contribution is 2.39. The van der Waals surface area contributed by atoms with Crippen LogP contribution in [0.1, 0.15) is 0 Å². The molecule has 0 fully saturated rings. The van der Waals surface area contributed by atoms with E-state index in [2.05, 4.69) is 5.32 Å². The molecule has 0 aliphatic carbocycles. The van der Waals surface area contributed by atoms with Crippen LogP contribution in [0, 0.1) is 5.82 Å². The molecule has 4 aromatic rings. The summed E-state index contributed by atoms with van der Waals surface area (Å²) >= 11 is 0. The average molecular weight is 353 g/mol. The van der Waals surface area contributed by atoms with Gasteiger partial charge in [-0.2, -0.15) is 0 Å². The Hall–Kier alpha value is -3.12. The van der Waals surface area contributed by atoms with Crippen LogP contribution >= 0.6 is 0 Å². The quantitative estimate of drug-likeness (QED) is 0.425. The van der Waals surface area contributed by atoms with Crippen LogP contribution in [0.5, 0.6) is 0 Å². The molecule has 0 aliphatic rings. The Kier molecular flexibility index (Phi) is 4.18. The topological polar surface area (TPSA) is 64.6 Å². The van der Waals surface area contributed by atoms with Crippen molar-refractivity contribution in [2.75, 3.05) is 25.6 Å². The normalized spacial score (nSPS) is 11.3. The van der Waals surface area contributed by atoms with Crippen molar-refractivity contribution in [2.24, 2.45) is 0 Å². The summed E-state index contributed by atoms with van der Waals surface area (Å²) in [6.07, 6.45) is 0. The van der Waals surface area contributed by atoms with E-state index in [1.165, 1.54) is 12.1 Å². The van der Waals surface area contributed by atoms with E-state index in [0.29, 0.717) is 52.1 Å². The van der Waals surface area contributed by atoms with Crippen molar-refractivity contribution >= 4 is 27.8 Å². The molecule has 132 valence electrons. The first kappa shape index (κ1) is 16.4. The van der Waals surface area contributed by atoms with Crippen LogP contribution in [0.25, 0.3) is 33.1 Å². The standard InChI is InChI=1S/C20H16FNO4/c1-24-11-10-22-19-16(12-6-8-13(21)9-7-12)17-18(26-19)14-4-2-3-5-15(14)25-20(17)23/h2-9,22H,10-11H2,1H3. The molecule has 2 aromatic heterocycles. The molecule has 1 N–H and O–H groups in total. The number of fused-ring (bicyclic) bond motifs is 3. The molecule has 2 heterocycles. The fourth-order valence-corrected chi connectivity index (χ4v) is 2.99. The number of rotatable bonds is 5. The summed E-state index contributed by atoms with van der Waals surface area (Å²) in [6, 6.07) is 13.1. The molecule has 4 rings (SSSR count). The van der Waals surface area contributed by atoms with Gasteiger partial charge in [0.25, 0.3) is 0 Å². The third kappa shape index (κ3) is 2.74. The van der Waals surface area contributed by atoms with Crippen LogP contribution in [0.2, 0.25) is 0 Å². The zero-order chi connectivity index (χ0) is 18.1. The smallest absolute Gasteiger partial charge is 0.348 e. The van der Waals surface area contributed by atoms with Gasteiger partial charge in [0.2, 0.25) is 5.88 Å². The van der Waals surface area contributed by atoms with Crippen molar-refractivity contribution in [3.05, 3.63) is 64.8 Å². The number of ether oxygens (including phenoxy) is 1. The lowest BCUT2D eigenvalue weighted by Crippen LogP contribution is -2.07. The molecule has 0 amide bonds. The fraction of sp³-hybridized carbons (Fsp3) is 0.150. The van der Waals surface area contributed by atoms with E-state index in [-0.39, 0.29) is 5.82 Å². The number of furan rings is 1. The van der Waals surface area contributed by atoms with Gasteiger partial charge in [0, 0.05) is 13.7 Å². The molecule has 0 radical (unpaired) electrons. The summed E-state index contributed by atoms with van der Waals surface area (Å²) in [5.74, 6) is 0.0697. The van der Waals surface area contributed by atoms with E-state index >= 15 is 0 Å². The number of para-hydroxylation sites is 1. The second-order valence-electron chi connectivity index (χ2n) is 5.82. The number of benzene rings is 2. The second-order valence-corrected chi connectivity index (χ2v) is 5.82. The predicted molar refractivity (Wildman–Crippen MR) is 98.0 cm³/mol. The minimum absolute atomic E-state index is 0.329. The Labute approximate surface area is 148 Å². The Morgan fingerprint density at radius 2 is 1.85 bits per heavy atom. The third-order valence-electron chi connectivity index (χ3n) is 4.17. The van der Waals surface area contributed by atoms with Crippen molar-refractivity contribution in [1.29, 1.82) is 0 Å². The first-order valence-corrected chi connectivity index (χ1v) is 8.16. The van der Waals surface area contributed by atoms with Gasteiger partial charge >= 0.3 is 5.63 Å². The van der Waals surface area contributed by atoms with Crippen LogP contribution in [-0.4, -0.2) is 20.3 Å². The third-order valence-corrected chi connectivity index (χ3v) is 4.17. The minimum atomic E-state index is -0.499. The summed E-state index contributed by atoms with van der Waals surface area (Å²) in [5.41, 5.74) is 1.61. The van der Waals surface area contributed by atoms with Gasteiger partial charge in [0.1, 0.15) is 16.8 Å². The Morgan fingerprint density at radius 1 is 1.08 bits per heavy atom. The SMILES string of the molecule is COCCNc1oc2c(c1-c1ccc(F)cc1)c(=O)oc1ccccc12. The summed E-state index contributed by atoms with van der Waals surface area (Å²) in [7, 11) is 1.60. The molecule has 0 atom stereocenters. The second kappa shape index (κ2) is 6.65. The van der Waals surface area contributed by atoms with Crippen LogP contribution in [-0.2, 0) is 4.74 Å². The van der Waals surface area contributed by atoms with Crippen molar-refractivity contribution < 1.29 is 18.0 Å². The molecule has 0 saturated carbocycles. The molecular weight excluding hydrogens is 337 g/mol. The molecule has 6 heteroatoms. The number of nitrogens with one attached hydrogen (secondary N) is 1. The lowest BCUT2D eigenvalue weighted by Gasteiger charge is -2.05. The molecule has 0 saturated heterocycles. The lowest BCUT2D eigenvalue weighted by molar-refractivity contribution is 0.210. The van der Waals surface area contributed by atoms with Gasteiger partial charge in [0.15, 0.2) is 5.58 Å². The van der Waals surface area contributed by atoms with Gasteiger partial charge in [-0.15, -0.1) is 0 Å². The molecule has 5 nitrogen and oxygen atoms in total. The molecule has 0 bridgehead atoms. The maximum atomic E-state index is 13.3. The maximum absolute atomic E-state index is 13.3. The van der Waals surface area contributed by atoms with Gasteiger partial charge in [-0.25, -0.2) is 9.18 Å². The first-order chi connectivity index (χ1) is 12.7. The molecule has 2 aromatic carbocycles. The number of hydrogen-bond acceptors (Lipinski definition) is 5. The van der Waals surface area contributed by atoms with Gasteiger partial charge in [0.05, 0.1) is 17.6 Å². The number of hydrogen-bond donors (Lipinski definition) is 1. The minimum Gasteiger partial charge on any atom is -0.439 e. The van der Waals surface area contributed by atoms with Crippen LogP contribution in [0.3, 0.4) is 0 Å². The Morgan fingerprint density at radius 3 is 2.62 bits per heavy atom. The molecule has 0 spiro atoms. The zero-order valence-corrected chi connectivity index (χ0v) is 14.0. The van der Waals surface area contributed by atoms with Crippen LogP contribution in [0.15, 0.2) is 62.2 Å². The van der Waals surface area contributed by atoms with Crippen molar-refractivity contribution in [2.45, 2.75) is 0 Å². The van der Waals surface area contributed by atoms with Crippen molar-refractivity contribution in [1.82, 2.24) is 0 Å². The summed E-state index contributed by atoms with van der Waals surface area (Å²) < 4.78 is 29.9. The monoisotopic (exact) mass is 353 g/mol. The van der Waals surface area contributed by atoms with Crippen LogP contribution < -0.4 is 10.9 Å². The van der Waals surface area contributed by atoms with E-state index in [1.807, 2.05) is 12.1 Å². The molecule has 0 aliphatic heterocycles. The van der Waals surface area contributed by atoms with Gasteiger partial charge in [-0.1, -0.05) is 24.3 Å². The van der Waals surface area contributed by atoms with Gasteiger partial charge in [-0.3, -0.25) is 0 Å². The van der Waals surface area contributed by atoms with Crippen molar-refractivity contribution in [3.8, 4) is 11.1 Å². The Balaban J connectivity index is 2.02. The Bertz CT molecular complexity index is 1130.